The number of carbonyl (C=O) groups excluding carboxylic acids is 1. The monoisotopic (exact) mass is 215 g/mol. The Morgan fingerprint density at radius 1 is 1.57 bits per heavy atom. The van der Waals surface area contributed by atoms with Crippen LogP contribution in [0.5, 0.6) is 0 Å². The van der Waals surface area contributed by atoms with Crippen molar-refractivity contribution in [2.24, 2.45) is 0 Å². The van der Waals surface area contributed by atoms with Gasteiger partial charge in [-0.3, -0.25) is 4.79 Å². The van der Waals surface area contributed by atoms with Crippen LogP contribution in [0.4, 0.5) is 4.79 Å². The number of nitrogens with one attached hydrogen (secondary N) is 1. The lowest BCUT2D eigenvalue weighted by molar-refractivity contribution is 0.166. The van der Waals surface area contributed by atoms with Gasteiger partial charge in [0.15, 0.2) is 0 Å². The van der Waals surface area contributed by atoms with Crippen LogP contribution in [0, 0.1) is 0 Å². The zero-order chi connectivity index (χ0) is 10.4. The third-order valence-electron chi connectivity index (χ3n) is 2.37. The molecule has 1 aliphatic carbocycles. The molecule has 4 heteroatoms. The first kappa shape index (κ1) is 11.6. The topological polar surface area (TPSA) is 49.3 Å². The maximum atomic E-state index is 11.1. The van der Waals surface area contributed by atoms with Crippen molar-refractivity contribution in [1.29, 1.82) is 0 Å². The molecule has 0 spiro atoms. The van der Waals surface area contributed by atoms with E-state index in [4.69, 9.17) is 0 Å². The second-order valence-electron chi connectivity index (χ2n) is 3.45. The van der Waals surface area contributed by atoms with Gasteiger partial charge in [-0.05, 0) is 25.5 Å². The molecule has 0 aromatic rings. The molecule has 0 saturated heterocycles. The normalized spacial score (nSPS) is 27.9. The van der Waals surface area contributed by atoms with Gasteiger partial charge >= 0.3 is 0 Å². The Morgan fingerprint density at radius 3 is 3.07 bits per heavy atom. The highest BCUT2D eigenvalue weighted by Gasteiger charge is 2.19. The first-order valence-electron chi connectivity index (χ1n) is 4.93. The largest absolute Gasteiger partial charge is 0.387 e. The Balaban J connectivity index is 2.50. The van der Waals surface area contributed by atoms with E-state index in [2.05, 4.69) is 5.32 Å². The first-order chi connectivity index (χ1) is 6.74. The number of hydrogen-bond acceptors (Lipinski definition) is 3. The summed E-state index contributed by atoms with van der Waals surface area (Å²) in [5.74, 6) is 0. The van der Waals surface area contributed by atoms with Crippen molar-refractivity contribution in [1.82, 2.24) is 5.32 Å². The lowest BCUT2D eigenvalue weighted by atomic mass is 9.99. The van der Waals surface area contributed by atoms with Crippen LogP contribution in [-0.4, -0.2) is 28.7 Å². The average Bonchev–Trinajstić information content (AvgIpc) is 2.17. The minimum absolute atomic E-state index is 0.0666. The van der Waals surface area contributed by atoms with Crippen molar-refractivity contribution >= 4 is 17.0 Å². The molecule has 0 aliphatic heterocycles. The molecular weight excluding hydrogens is 198 g/mol. The van der Waals surface area contributed by atoms with Gasteiger partial charge in [-0.15, -0.1) is 0 Å². The minimum Gasteiger partial charge on any atom is -0.387 e. The van der Waals surface area contributed by atoms with Crippen LogP contribution in [-0.2, 0) is 0 Å². The van der Waals surface area contributed by atoms with Gasteiger partial charge in [0.25, 0.3) is 5.24 Å². The average molecular weight is 215 g/mol. The van der Waals surface area contributed by atoms with E-state index in [0.717, 1.165) is 37.4 Å². The molecule has 14 heavy (non-hydrogen) atoms. The van der Waals surface area contributed by atoms with E-state index in [0.29, 0.717) is 0 Å². The predicted octanol–water partition coefficient (Wildman–Crippen LogP) is 1.92. The number of hydrogen-bond donors (Lipinski definition) is 2. The summed E-state index contributed by atoms with van der Waals surface area (Å²) in [6, 6.07) is -0.119. The molecule has 0 saturated carbocycles. The third kappa shape index (κ3) is 3.72. The van der Waals surface area contributed by atoms with E-state index in [1.54, 1.807) is 12.3 Å². The van der Waals surface area contributed by atoms with Crippen LogP contribution >= 0.6 is 11.8 Å². The Morgan fingerprint density at radius 2 is 2.36 bits per heavy atom. The molecule has 2 atom stereocenters. The van der Waals surface area contributed by atoms with E-state index in [9.17, 15) is 9.90 Å². The van der Waals surface area contributed by atoms with E-state index < -0.39 is 6.10 Å². The first-order valence-corrected chi connectivity index (χ1v) is 6.15. The highest BCUT2D eigenvalue weighted by atomic mass is 32.2. The van der Waals surface area contributed by atoms with Crippen molar-refractivity contribution in [2.45, 2.75) is 37.8 Å². The highest BCUT2D eigenvalue weighted by molar-refractivity contribution is 8.12. The lowest BCUT2D eigenvalue weighted by Gasteiger charge is -2.22. The summed E-state index contributed by atoms with van der Waals surface area (Å²) in [6.45, 7) is 0. The Hall–Kier alpha value is -0.480. The number of amides is 1. The summed E-state index contributed by atoms with van der Waals surface area (Å²) in [5, 5.41) is 12.4. The summed E-state index contributed by atoms with van der Waals surface area (Å²) in [4.78, 5) is 11.1. The fourth-order valence-electron chi connectivity index (χ4n) is 1.53. The van der Waals surface area contributed by atoms with Gasteiger partial charge in [0.05, 0.1) is 12.1 Å². The third-order valence-corrected chi connectivity index (χ3v) is 2.86. The summed E-state index contributed by atoms with van der Waals surface area (Å²) in [7, 11) is 0. The number of aliphatic hydroxyl groups excluding tert-OH is 1. The molecule has 0 bridgehead atoms. The number of allylic oxidation sites excluding steroid dienone is 1. The van der Waals surface area contributed by atoms with Crippen LogP contribution in [0.3, 0.4) is 0 Å². The second kappa shape index (κ2) is 6.09. The molecule has 80 valence electrons. The van der Waals surface area contributed by atoms with Gasteiger partial charge in [0.1, 0.15) is 0 Å². The fourth-order valence-corrected chi connectivity index (χ4v) is 1.80. The number of thioether (sulfide) groups is 1. The number of carbonyl (C=O) groups is 1. The standard InChI is InChI=1S/C10H17NO2S/c1-14-10(13)11-8-6-4-2-3-5-7-9(8)12/h5,7-9,12H,2-4,6H2,1H3,(H,11,13). The Labute approximate surface area is 89.0 Å². The lowest BCUT2D eigenvalue weighted by Crippen LogP contribution is -2.41. The van der Waals surface area contributed by atoms with Gasteiger partial charge in [0, 0.05) is 0 Å². The molecule has 1 amide bonds. The zero-order valence-electron chi connectivity index (χ0n) is 8.40. The van der Waals surface area contributed by atoms with Gasteiger partial charge in [0.2, 0.25) is 0 Å². The highest BCUT2D eigenvalue weighted by Crippen LogP contribution is 2.13. The molecule has 0 radical (unpaired) electrons. The molecule has 1 aliphatic rings. The molecule has 0 aromatic heterocycles. The number of rotatable bonds is 1. The minimum atomic E-state index is -0.536. The molecule has 1 rings (SSSR count). The predicted molar refractivity (Wildman–Crippen MR) is 59.4 cm³/mol. The summed E-state index contributed by atoms with van der Waals surface area (Å²) in [5.41, 5.74) is 0. The SMILES string of the molecule is CSC(=O)NC1CCCCC=CC1O. The van der Waals surface area contributed by atoms with Gasteiger partial charge in [-0.1, -0.05) is 30.3 Å². The number of aliphatic hydroxyl groups is 1. The van der Waals surface area contributed by atoms with Gasteiger partial charge < -0.3 is 10.4 Å². The van der Waals surface area contributed by atoms with Crippen LogP contribution in [0.15, 0.2) is 12.2 Å². The maximum Gasteiger partial charge on any atom is 0.279 e. The van der Waals surface area contributed by atoms with Crippen LogP contribution in [0.25, 0.3) is 0 Å². The summed E-state index contributed by atoms with van der Waals surface area (Å²) >= 11 is 1.15. The molecule has 2 unspecified atom stereocenters. The van der Waals surface area contributed by atoms with Crippen LogP contribution in [0.2, 0.25) is 0 Å². The van der Waals surface area contributed by atoms with E-state index >= 15 is 0 Å². The van der Waals surface area contributed by atoms with E-state index in [1.807, 2.05) is 6.08 Å². The van der Waals surface area contributed by atoms with E-state index in [-0.39, 0.29) is 11.3 Å². The molecular formula is C10H17NO2S. The van der Waals surface area contributed by atoms with Crippen LogP contribution in [0.1, 0.15) is 25.7 Å². The smallest absolute Gasteiger partial charge is 0.279 e. The van der Waals surface area contributed by atoms with Gasteiger partial charge in [-0.2, -0.15) is 0 Å². The summed E-state index contributed by atoms with van der Waals surface area (Å²) in [6.07, 6.45) is 9.05. The van der Waals surface area contributed by atoms with Crippen molar-refractivity contribution in [3.05, 3.63) is 12.2 Å². The van der Waals surface area contributed by atoms with Crippen molar-refractivity contribution < 1.29 is 9.90 Å². The Bertz CT molecular complexity index is 218. The molecule has 0 heterocycles. The van der Waals surface area contributed by atoms with Crippen LogP contribution < -0.4 is 5.32 Å². The Kier molecular flexibility index (Phi) is 5.04. The van der Waals surface area contributed by atoms with Crippen molar-refractivity contribution in [3.8, 4) is 0 Å². The zero-order valence-corrected chi connectivity index (χ0v) is 9.22. The quantitative estimate of drug-likeness (QED) is 0.657. The summed E-state index contributed by atoms with van der Waals surface area (Å²) < 4.78 is 0. The van der Waals surface area contributed by atoms with Gasteiger partial charge in [-0.25, -0.2) is 0 Å². The van der Waals surface area contributed by atoms with Crippen molar-refractivity contribution in [3.63, 3.8) is 0 Å². The molecule has 0 fully saturated rings. The fraction of sp³-hybridized carbons (Fsp3) is 0.700. The molecule has 0 aromatic carbocycles. The second-order valence-corrected chi connectivity index (χ2v) is 4.22. The molecule has 2 N–H and O–H groups in total. The van der Waals surface area contributed by atoms with Crippen molar-refractivity contribution in [2.75, 3.05) is 6.26 Å². The molecule has 3 nitrogen and oxygen atoms in total. The van der Waals surface area contributed by atoms with E-state index in [1.165, 1.54) is 0 Å². The maximum absolute atomic E-state index is 11.1.